The molecule has 4 heteroatoms. The number of benzene rings is 1. The monoisotopic (exact) mass is 309 g/mol. The molecular formula is C18H23N3Si. The lowest BCUT2D eigenvalue weighted by atomic mass is 10.1. The molecular weight excluding hydrogens is 286 g/mol. The summed E-state index contributed by atoms with van der Waals surface area (Å²) < 4.78 is 0. The maximum absolute atomic E-state index is 4.88. The second kappa shape index (κ2) is 5.36. The van der Waals surface area contributed by atoms with Crippen LogP contribution in [0.1, 0.15) is 6.92 Å². The number of rotatable bonds is 2. The van der Waals surface area contributed by atoms with Gasteiger partial charge in [0.25, 0.3) is 0 Å². The summed E-state index contributed by atoms with van der Waals surface area (Å²) in [5.74, 6) is 0. The minimum atomic E-state index is -1.75. The number of allylic oxidation sites excluding steroid dienone is 4. The van der Waals surface area contributed by atoms with Gasteiger partial charge in [0.05, 0.1) is 17.1 Å². The molecule has 1 aromatic carbocycles. The molecule has 0 aromatic heterocycles. The second-order valence-corrected chi connectivity index (χ2v) is 10.8. The summed E-state index contributed by atoms with van der Waals surface area (Å²) in [7, 11) is 2.42. The molecule has 2 aliphatic rings. The van der Waals surface area contributed by atoms with Crippen LogP contribution >= 0.6 is 0 Å². The molecule has 0 spiro atoms. The number of fused-ring (bicyclic) bond motifs is 2. The topological polar surface area (TPSA) is 28.0 Å². The van der Waals surface area contributed by atoms with Crippen LogP contribution < -0.4 is 10.1 Å². The number of aliphatic imine (C=N–C) groups is 2. The largest absolute Gasteiger partial charge is 0.378 e. The van der Waals surface area contributed by atoms with E-state index in [1.165, 1.54) is 16.1 Å². The van der Waals surface area contributed by atoms with E-state index in [4.69, 9.17) is 4.99 Å². The molecule has 1 aromatic rings. The number of hydrogen-bond acceptors (Lipinski definition) is 3. The van der Waals surface area contributed by atoms with E-state index in [2.05, 4.69) is 80.4 Å². The molecule has 0 atom stereocenters. The van der Waals surface area contributed by atoms with E-state index in [-0.39, 0.29) is 0 Å². The van der Waals surface area contributed by atoms with Gasteiger partial charge < -0.3 is 4.90 Å². The molecule has 114 valence electrons. The zero-order valence-corrected chi connectivity index (χ0v) is 15.0. The van der Waals surface area contributed by atoms with Gasteiger partial charge in [-0.1, -0.05) is 13.1 Å². The molecule has 0 bridgehead atoms. The zero-order valence-electron chi connectivity index (χ0n) is 14.0. The van der Waals surface area contributed by atoms with Crippen molar-refractivity contribution in [1.82, 2.24) is 0 Å². The average Bonchev–Trinajstić information content (AvgIpc) is 2.48. The standard InChI is InChI=1S/C18H23N3Si/c1-6-19-13-7-9-15-17(11-13)22(4,5)18-12-14(21(2)3)8-10-16(18)20-15/h7-12H,6H2,1-5H3. The van der Waals surface area contributed by atoms with Gasteiger partial charge in [0.2, 0.25) is 0 Å². The first-order valence-corrected chi connectivity index (χ1v) is 10.8. The molecule has 0 saturated carbocycles. The normalized spacial score (nSPS) is 20.1. The Labute approximate surface area is 133 Å². The number of nitrogens with zero attached hydrogens (tertiary/aromatic N) is 3. The van der Waals surface area contributed by atoms with Gasteiger partial charge in [-0.15, -0.1) is 0 Å². The molecule has 1 aliphatic carbocycles. The van der Waals surface area contributed by atoms with Crippen molar-refractivity contribution >= 4 is 36.1 Å². The molecule has 0 unspecified atom stereocenters. The molecule has 1 heterocycles. The Morgan fingerprint density at radius 1 is 1.18 bits per heavy atom. The molecule has 0 fully saturated rings. The number of anilines is 1. The van der Waals surface area contributed by atoms with Crippen LogP contribution in [-0.2, 0) is 0 Å². The summed E-state index contributed by atoms with van der Waals surface area (Å²) in [4.78, 5) is 11.6. The van der Waals surface area contributed by atoms with Crippen molar-refractivity contribution < 1.29 is 0 Å². The van der Waals surface area contributed by atoms with Gasteiger partial charge in [-0.3, -0.25) is 4.99 Å². The first kappa shape index (κ1) is 15.0. The smallest absolute Gasteiger partial charge is 0.118 e. The van der Waals surface area contributed by atoms with E-state index >= 15 is 0 Å². The summed E-state index contributed by atoms with van der Waals surface area (Å²) in [6, 6.07) is 6.63. The second-order valence-electron chi connectivity index (χ2n) is 6.51. The van der Waals surface area contributed by atoms with Crippen molar-refractivity contribution in [3.8, 4) is 0 Å². The summed E-state index contributed by atoms with van der Waals surface area (Å²) in [5.41, 5.74) is 4.57. The lowest BCUT2D eigenvalue weighted by Gasteiger charge is -2.34. The molecule has 3 rings (SSSR count). The molecule has 0 radical (unpaired) electrons. The Balaban J connectivity index is 2.18. The van der Waals surface area contributed by atoms with Gasteiger partial charge in [-0.05, 0) is 53.7 Å². The fraction of sp³-hybridized carbons (Fsp3) is 0.333. The van der Waals surface area contributed by atoms with Crippen LogP contribution in [0.25, 0.3) is 0 Å². The Morgan fingerprint density at radius 3 is 2.64 bits per heavy atom. The fourth-order valence-electron chi connectivity index (χ4n) is 3.08. The van der Waals surface area contributed by atoms with Gasteiger partial charge in [-0.2, -0.15) is 0 Å². The average molecular weight is 309 g/mol. The van der Waals surface area contributed by atoms with E-state index in [1.807, 2.05) is 0 Å². The predicted octanol–water partition coefficient (Wildman–Crippen LogP) is 3.25. The van der Waals surface area contributed by atoms with Crippen LogP contribution in [0.2, 0.25) is 13.1 Å². The summed E-state index contributed by atoms with van der Waals surface area (Å²) in [5, 5.41) is 2.81. The highest BCUT2D eigenvalue weighted by Gasteiger charge is 2.37. The van der Waals surface area contributed by atoms with E-state index in [9.17, 15) is 0 Å². The highest BCUT2D eigenvalue weighted by atomic mass is 28.3. The van der Waals surface area contributed by atoms with E-state index < -0.39 is 8.07 Å². The van der Waals surface area contributed by atoms with Crippen molar-refractivity contribution in [3.63, 3.8) is 0 Å². The van der Waals surface area contributed by atoms with Crippen molar-refractivity contribution in [2.24, 2.45) is 9.98 Å². The Kier molecular flexibility index (Phi) is 3.65. The highest BCUT2D eigenvalue weighted by Crippen LogP contribution is 2.32. The third-order valence-corrected chi connectivity index (χ3v) is 7.90. The van der Waals surface area contributed by atoms with Gasteiger partial charge in [0.1, 0.15) is 8.07 Å². The molecule has 0 N–H and O–H groups in total. The minimum Gasteiger partial charge on any atom is -0.378 e. The molecule has 0 amide bonds. The first-order chi connectivity index (χ1) is 10.4. The Morgan fingerprint density at radius 2 is 1.95 bits per heavy atom. The van der Waals surface area contributed by atoms with Gasteiger partial charge >= 0.3 is 0 Å². The predicted molar refractivity (Wildman–Crippen MR) is 100 cm³/mol. The van der Waals surface area contributed by atoms with Crippen LogP contribution in [0.5, 0.6) is 0 Å². The molecule has 22 heavy (non-hydrogen) atoms. The summed E-state index contributed by atoms with van der Waals surface area (Å²) in [6.07, 6.45) is 6.46. The van der Waals surface area contributed by atoms with E-state index in [1.54, 1.807) is 0 Å². The van der Waals surface area contributed by atoms with Crippen molar-refractivity contribution in [2.45, 2.75) is 20.0 Å². The van der Waals surface area contributed by atoms with Crippen molar-refractivity contribution in [1.29, 1.82) is 0 Å². The summed E-state index contributed by atoms with van der Waals surface area (Å²) in [6.45, 7) is 7.72. The maximum Gasteiger partial charge on any atom is 0.118 e. The molecule has 0 saturated heterocycles. The van der Waals surface area contributed by atoms with Crippen LogP contribution in [0.4, 0.5) is 11.4 Å². The Bertz CT molecular complexity index is 737. The third-order valence-electron chi connectivity index (χ3n) is 4.40. The minimum absolute atomic E-state index is 0.819. The molecule has 1 aliphatic heterocycles. The van der Waals surface area contributed by atoms with Crippen LogP contribution in [-0.4, -0.2) is 40.1 Å². The fourth-order valence-corrected chi connectivity index (χ4v) is 5.94. The maximum atomic E-state index is 4.88. The molecule has 3 nitrogen and oxygen atoms in total. The van der Waals surface area contributed by atoms with Crippen LogP contribution in [0.15, 0.2) is 51.6 Å². The van der Waals surface area contributed by atoms with E-state index in [0.29, 0.717) is 0 Å². The van der Waals surface area contributed by atoms with Gasteiger partial charge in [0.15, 0.2) is 0 Å². The zero-order chi connectivity index (χ0) is 15.9. The van der Waals surface area contributed by atoms with Crippen molar-refractivity contribution in [3.05, 3.63) is 41.6 Å². The Hall–Kier alpha value is -1.94. The summed E-state index contributed by atoms with van der Waals surface area (Å²) >= 11 is 0. The van der Waals surface area contributed by atoms with Crippen LogP contribution in [0, 0.1) is 0 Å². The van der Waals surface area contributed by atoms with Gasteiger partial charge in [-0.25, -0.2) is 4.99 Å². The van der Waals surface area contributed by atoms with Crippen LogP contribution in [0.3, 0.4) is 0 Å². The lowest BCUT2D eigenvalue weighted by molar-refractivity contribution is 1.13. The quantitative estimate of drug-likeness (QED) is 0.609. The lowest BCUT2D eigenvalue weighted by Crippen LogP contribution is -2.49. The third kappa shape index (κ3) is 2.37. The SMILES string of the molecule is CCN=C1C=CC2=Nc3ccc(N(C)C)cc3[Si](C)(C)C2=C1. The highest BCUT2D eigenvalue weighted by molar-refractivity contribution is 7.01. The van der Waals surface area contributed by atoms with Gasteiger partial charge in [0, 0.05) is 26.3 Å². The first-order valence-electron chi connectivity index (χ1n) is 7.79. The van der Waals surface area contributed by atoms with E-state index in [0.717, 1.165) is 23.7 Å². The number of hydrogen-bond donors (Lipinski definition) is 0. The van der Waals surface area contributed by atoms with Crippen molar-refractivity contribution in [2.75, 3.05) is 25.5 Å².